The molecule has 18 heavy (non-hydrogen) atoms. The number of halogens is 1. The fourth-order valence-corrected chi connectivity index (χ4v) is 1.83. The Morgan fingerprint density at radius 3 is 2.94 bits per heavy atom. The van der Waals surface area contributed by atoms with Gasteiger partial charge in [-0.3, -0.25) is 9.48 Å². The van der Waals surface area contributed by atoms with E-state index in [1.54, 1.807) is 10.9 Å². The van der Waals surface area contributed by atoms with Gasteiger partial charge in [0.15, 0.2) is 0 Å². The Hall–Kier alpha value is -1.81. The standard InChI is InChI=1S/C13H14ClN3O/c1-17-9-11(8-15-17)10-3-2-4-12(7-10)16-13(18)5-6-14/h2-4,7-9H,5-6H2,1H3,(H,16,18). The number of nitrogens with zero attached hydrogens (tertiary/aromatic N) is 2. The fraction of sp³-hybridized carbons (Fsp3) is 0.231. The van der Waals surface area contributed by atoms with Crippen LogP contribution in [0.2, 0.25) is 0 Å². The molecule has 5 heteroatoms. The van der Waals surface area contributed by atoms with Crippen LogP contribution < -0.4 is 5.32 Å². The van der Waals surface area contributed by atoms with Gasteiger partial charge in [0.25, 0.3) is 0 Å². The molecule has 2 rings (SSSR count). The van der Waals surface area contributed by atoms with Crippen LogP contribution in [0.4, 0.5) is 5.69 Å². The number of aryl methyl sites for hydroxylation is 1. The van der Waals surface area contributed by atoms with Gasteiger partial charge in [-0.25, -0.2) is 0 Å². The van der Waals surface area contributed by atoms with E-state index in [0.717, 1.165) is 16.8 Å². The average Bonchev–Trinajstić information content (AvgIpc) is 2.76. The summed E-state index contributed by atoms with van der Waals surface area (Å²) in [4.78, 5) is 11.5. The van der Waals surface area contributed by atoms with Crippen molar-refractivity contribution in [3.8, 4) is 11.1 Å². The van der Waals surface area contributed by atoms with Crippen molar-refractivity contribution < 1.29 is 4.79 Å². The van der Waals surface area contributed by atoms with Crippen molar-refractivity contribution in [3.63, 3.8) is 0 Å². The van der Waals surface area contributed by atoms with E-state index in [-0.39, 0.29) is 5.91 Å². The maximum absolute atomic E-state index is 11.5. The van der Waals surface area contributed by atoms with Gasteiger partial charge in [-0.15, -0.1) is 11.6 Å². The number of alkyl halides is 1. The minimum atomic E-state index is -0.0756. The van der Waals surface area contributed by atoms with E-state index in [1.807, 2.05) is 37.5 Å². The zero-order valence-corrected chi connectivity index (χ0v) is 10.8. The molecule has 0 fully saturated rings. The third-order valence-corrected chi connectivity index (χ3v) is 2.70. The van der Waals surface area contributed by atoms with Gasteiger partial charge in [-0.2, -0.15) is 5.10 Å². The van der Waals surface area contributed by atoms with Crippen LogP contribution in [0.25, 0.3) is 11.1 Å². The second-order valence-electron chi connectivity index (χ2n) is 3.97. The van der Waals surface area contributed by atoms with Crippen LogP contribution in [0.15, 0.2) is 36.7 Å². The topological polar surface area (TPSA) is 46.9 Å². The van der Waals surface area contributed by atoms with E-state index >= 15 is 0 Å². The lowest BCUT2D eigenvalue weighted by Crippen LogP contribution is -2.11. The van der Waals surface area contributed by atoms with Gasteiger partial charge in [0.05, 0.1) is 6.20 Å². The number of benzene rings is 1. The molecule has 0 aliphatic rings. The lowest BCUT2D eigenvalue weighted by molar-refractivity contribution is -0.115. The maximum Gasteiger partial charge on any atom is 0.225 e. The molecule has 0 saturated carbocycles. The highest BCUT2D eigenvalue weighted by Crippen LogP contribution is 2.21. The average molecular weight is 264 g/mol. The van der Waals surface area contributed by atoms with Gasteiger partial charge in [0.1, 0.15) is 0 Å². The van der Waals surface area contributed by atoms with Crippen molar-refractivity contribution in [1.82, 2.24) is 9.78 Å². The second-order valence-corrected chi connectivity index (χ2v) is 4.35. The summed E-state index contributed by atoms with van der Waals surface area (Å²) in [5.41, 5.74) is 2.81. The molecule has 0 saturated heterocycles. The fourth-order valence-electron chi connectivity index (χ4n) is 1.66. The Kier molecular flexibility index (Phi) is 3.99. The first kappa shape index (κ1) is 12.6. The highest BCUT2D eigenvalue weighted by atomic mass is 35.5. The van der Waals surface area contributed by atoms with Gasteiger partial charge in [-0.05, 0) is 17.7 Å². The summed E-state index contributed by atoms with van der Waals surface area (Å²) in [5, 5.41) is 6.93. The first-order chi connectivity index (χ1) is 8.69. The quantitative estimate of drug-likeness (QED) is 0.862. The van der Waals surface area contributed by atoms with E-state index < -0.39 is 0 Å². The predicted octanol–water partition coefficient (Wildman–Crippen LogP) is 2.65. The smallest absolute Gasteiger partial charge is 0.225 e. The second kappa shape index (κ2) is 5.69. The summed E-state index contributed by atoms with van der Waals surface area (Å²) >= 11 is 5.52. The van der Waals surface area contributed by atoms with Crippen LogP contribution in [0.1, 0.15) is 6.42 Å². The molecule has 0 atom stereocenters. The van der Waals surface area contributed by atoms with Gasteiger partial charge < -0.3 is 5.32 Å². The molecule has 94 valence electrons. The Labute approximate surface area is 111 Å². The van der Waals surface area contributed by atoms with Crippen LogP contribution in [-0.2, 0) is 11.8 Å². The van der Waals surface area contributed by atoms with Gasteiger partial charge in [-0.1, -0.05) is 12.1 Å². The number of carbonyl (C=O) groups excluding carboxylic acids is 1. The molecule has 0 aliphatic carbocycles. The van der Waals surface area contributed by atoms with Crippen molar-refractivity contribution in [2.45, 2.75) is 6.42 Å². The van der Waals surface area contributed by atoms with Crippen LogP contribution in [0.3, 0.4) is 0 Å². The molecule has 1 aromatic carbocycles. The van der Waals surface area contributed by atoms with E-state index in [2.05, 4.69) is 10.4 Å². The number of nitrogens with one attached hydrogen (secondary N) is 1. The number of aromatic nitrogens is 2. The van der Waals surface area contributed by atoms with Crippen LogP contribution in [-0.4, -0.2) is 21.6 Å². The highest BCUT2D eigenvalue weighted by Gasteiger charge is 2.04. The third-order valence-electron chi connectivity index (χ3n) is 2.51. The van der Waals surface area contributed by atoms with Gasteiger partial charge in [0, 0.05) is 36.8 Å². The summed E-state index contributed by atoms with van der Waals surface area (Å²) in [6.45, 7) is 0. The number of carbonyl (C=O) groups is 1. The van der Waals surface area contributed by atoms with E-state index in [4.69, 9.17) is 11.6 Å². The monoisotopic (exact) mass is 263 g/mol. The lowest BCUT2D eigenvalue weighted by atomic mass is 10.1. The first-order valence-corrected chi connectivity index (χ1v) is 6.17. The molecular weight excluding hydrogens is 250 g/mol. The summed E-state index contributed by atoms with van der Waals surface area (Å²) in [6.07, 6.45) is 4.04. The van der Waals surface area contributed by atoms with Crippen molar-refractivity contribution in [3.05, 3.63) is 36.7 Å². The molecule has 1 heterocycles. The summed E-state index contributed by atoms with van der Waals surface area (Å²) in [5.74, 6) is 0.252. The largest absolute Gasteiger partial charge is 0.326 e. The minimum absolute atomic E-state index is 0.0756. The molecule has 1 aromatic heterocycles. The highest BCUT2D eigenvalue weighted by molar-refractivity contribution is 6.19. The SMILES string of the molecule is Cn1cc(-c2cccc(NC(=O)CCCl)c2)cn1. The lowest BCUT2D eigenvalue weighted by Gasteiger charge is -2.05. The first-order valence-electron chi connectivity index (χ1n) is 5.64. The number of rotatable bonds is 4. The zero-order chi connectivity index (χ0) is 13.0. The van der Waals surface area contributed by atoms with Crippen LogP contribution in [0, 0.1) is 0 Å². The summed E-state index contributed by atoms with van der Waals surface area (Å²) in [6, 6.07) is 7.65. The van der Waals surface area contributed by atoms with E-state index in [0.29, 0.717) is 12.3 Å². The van der Waals surface area contributed by atoms with Crippen molar-refractivity contribution in [2.75, 3.05) is 11.2 Å². The Morgan fingerprint density at radius 1 is 1.44 bits per heavy atom. The molecule has 1 amide bonds. The Balaban J connectivity index is 2.17. The number of amides is 1. The summed E-state index contributed by atoms with van der Waals surface area (Å²) in [7, 11) is 1.87. The molecule has 0 bridgehead atoms. The normalized spacial score (nSPS) is 10.3. The Bertz CT molecular complexity index is 551. The van der Waals surface area contributed by atoms with Crippen molar-refractivity contribution in [1.29, 1.82) is 0 Å². The molecule has 2 aromatic rings. The molecule has 0 aliphatic heterocycles. The molecule has 0 radical (unpaired) electrons. The van der Waals surface area contributed by atoms with Crippen LogP contribution >= 0.6 is 11.6 Å². The van der Waals surface area contributed by atoms with Gasteiger partial charge in [0.2, 0.25) is 5.91 Å². The molecule has 1 N–H and O–H groups in total. The maximum atomic E-state index is 11.5. The molecule has 4 nitrogen and oxygen atoms in total. The number of anilines is 1. The molecular formula is C13H14ClN3O. The van der Waals surface area contributed by atoms with Crippen molar-refractivity contribution >= 4 is 23.2 Å². The number of hydrogen-bond acceptors (Lipinski definition) is 2. The molecule has 0 unspecified atom stereocenters. The Morgan fingerprint density at radius 2 is 2.28 bits per heavy atom. The number of hydrogen-bond donors (Lipinski definition) is 1. The van der Waals surface area contributed by atoms with E-state index in [9.17, 15) is 4.79 Å². The minimum Gasteiger partial charge on any atom is -0.326 e. The zero-order valence-electron chi connectivity index (χ0n) is 10.1. The third kappa shape index (κ3) is 3.11. The predicted molar refractivity (Wildman–Crippen MR) is 72.6 cm³/mol. The van der Waals surface area contributed by atoms with Crippen molar-refractivity contribution in [2.24, 2.45) is 7.05 Å². The summed E-state index contributed by atoms with van der Waals surface area (Å²) < 4.78 is 1.74. The van der Waals surface area contributed by atoms with Crippen LogP contribution in [0.5, 0.6) is 0 Å². The molecule has 0 spiro atoms. The van der Waals surface area contributed by atoms with Gasteiger partial charge >= 0.3 is 0 Å². The van der Waals surface area contributed by atoms with E-state index in [1.165, 1.54) is 0 Å².